The molecule has 1 heterocycles. The van der Waals surface area contributed by atoms with E-state index in [9.17, 15) is 4.39 Å². The first-order valence-electron chi connectivity index (χ1n) is 4.85. The van der Waals surface area contributed by atoms with Crippen LogP contribution in [-0.4, -0.2) is 24.6 Å². The van der Waals surface area contributed by atoms with E-state index in [0.29, 0.717) is 6.54 Å². The average molecular weight is 197 g/mol. The van der Waals surface area contributed by atoms with Crippen LogP contribution in [-0.2, 0) is 6.54 Å². The van der Waals surface area contributed by atoms with Crippen LogP contribution < -0.4 is 10.6 Å². The van der Waals surface area contributed by atoms with Gasteiger partial charge in [0.25, 0.3) is 0 Å². The Morgan fingerprint density at radius 1 is 1.29 bits per heavy atom. The summed E-state index contributed by atoms with van der Waals surface area (Å²) >= 11 is 0. The summed E-state index contributed by atoms with van der Waals surface area (Å²) in [5.41, 5.74) is 0.864. The van der Waals surface area contributed by atoms with Crippen LogP contribution in [0.25, 0.3) is 0 Å². The summed E-state index contributed by atoms with van der Waals surface area (Å²) in [6, 6.07) is 3.11. The molecule has 0 unspecified atom stereocenters. The Labute approximate surface area is 83.7 Å². The topological polar surface area (TPSA) is 37.0 Å². The van der Waals surface area contributed by atoms with Gasteiger partial charge in [-0.1, -0.05) is 6.92 Å². The number of hydrogen-bond donors (Lipinski definition) is 2. The highest BCUT2D eigenvalue weighted by atomic mass is 19.1. The summed E-state index contributed by atoms with van der Waals surface area (Å²) in [4.78, 5) is 3.94. The average Bonchev–Trinajstić information content (AvgIpc) is 2.21. The molecule has 1 aromatic heterocycles. The van der Waals surface area contributed by atoms with Crippen LogP contribution in [0.4, 0.5) is 4.39 Å². The van der Waals surface area contributed by atoms with Gasteiger partial charge in [0.2, 0.25) is 0 Å². The summed E-state index contributed by atoms with van der Waals surface area (Å²) < 4.78 is 12.5. The second-order valence-electron chi connectivity index (χ2n) is 3.00. The Morgan fingerprint density at radius 3 is 2.71 bits per heavy atom. The van der Waals surface area contributed by atoms with Crippen LogP contribution in [0.2, 0.25) is 0 Å². The number of nitrogens with zero attached hydrogens (tertiary/aromatic N) is 1. The van der Waals surface area contributed by atoms with Gasteiger partial charge in [0.1, 0.15) is 5.82 Å². The number of likely N-dealkylation sites (N-methyl/N-ethyl adjacent to an activating group) is 1. The zero-order valence-electron chi connectivity index (χ0n) is 8.39. The highest BCUT2D eigenvalue weighted by Gasteiger charge is 1.94. The molecule has 4 heteroatoms. The van der Waals surface area contributed by atoms with Crippen molar-refractivity contribution in [1.82, 2.24) is 15.6 Å². The van der Waals surface area contributed by atoms with Gasteiger partial charge in [0.15, 0.2) is 0 Å². The van der Waals surface area contributed by atoms with Crippen molar-refractivity contribution < 1.29 is 4.39 Å². The maximum Gasteiger partial charge on any atom is 0.141 e. The highest BCUT2D eigenvalue weighted by molar-refractivity contribution is 5.04. The first-order valence-corrected chi connectivity index (χ1v) is 4.85. The van der Waals surface area contributed by atoms with Crippen LogP contribution >= 0.6 is 0 Å². The van der Waals surface area contributed by atoms with Gasteiger partial charge in [-0.25, -0.2) is 4.39 Å². The number of rotatable bonds is 6. The van der Waals surface area contributed by atoms with E-state index in [4.69, 9.17) is 0 Å². The third-order valence-corrected chi connectivity index (χ3v) is 1.82. The van der Waals surface area contributed by atoms with Gasteiger partial charge in [-0.3, -0.25) is 4.98 Å². The van der Waals surface area contributed by atoms with Gasteiger partial charge >= 0.3 is 0 Å². The molecular formula is C10H16FN3. The van der Waals surface area contributed by atoms with Crippen molar-refractivity contribution in [3.8, 4) is 0 Å². The van der Waals surface area contributed by atoms with Gasteiger partial charge in [0.05, 0.1) is 11.9 Å². The molecular weight excluding hydrogens is 181 g/mol. The fraction of sp³-hybridized carbons (Fsp3) is 0.500. The van der Waals surface area contributed by atoms with Crippen molar-refractivity contribution in [2.24, 2.45) is 0 Å². The molecule has 3 nitrogen and oxygen atoms in total. The fourth-order valence-corrected chi connectivity index (χ4v) is 1.08. The third-order valence-electron chi connectivity index (χ3n) is 1.82. The third kappa shape index (κ3) is 4.30. The Bertz CT molecular complexity index is 248. The minimum Gasteiger partial charge on any atom is -0.316 e. The second kappa shape index (κ2) is 6.45. The van der Waals surface area contributed by atoms with E-state index in [1.807, 2.05) is 0 Å². The largest absolute Gasteiger partial charge is 0.316 e. The quantitative estimate of drug-likeness (QED) is 0.666. The first-order chi connectivity index (χ1) is 6.83. The number of nitrogens with one attached hydrogen (secondary N) is 2. The minimum absolute atomic E-state index is 0.290. The number of hydrogen-bond acceptors (Lipinski definition) is 3. The lowest BCUT2D eigenvalue weighted by Crippen LogP contribution is -2.26. The maximum absolute atomic E-state index is 12.5. The molecule has 78 valence electrons. The molecule has 1 rings (SSSR count). The SMILES string of the molecule is CCNCCNCc1ccc(F)cn1. The second-order valence-corrected chi connectivity index (χ2v) is 3.00. The van der Waals surface area contributed by atoms with Crippen molar-refractivity contribution >= 4 is 0 Å². The summed E-state index contributed by atoms with van der Waals surface area (Å²) in [6.45, 7) is 5.58. The van der Waals surface area contributed by atoms with Crippen molar-refractivity contribution in [2.45, 2.75) is 13.5 Å². The summed E-state index contributed by atoms with van der Waals surface area (Å²) in [6.07, 6.45) is 1.24. The Hall–Kier alpha value is -1.00. The van der Waals surface area contributed by atoms with Gasteiger partial charge in [-0.2, -0.15) is 0 Å². The van der Waals surface area contributed by atoms with Crippen LogP contribution in [0.3, 0.4) is 0 Å². The van der Waals surface area contributed by atoms with Crippen molar-refractivity contribution in [3.05, 3.63) is 29.8 Å². The molecule has 0 radical (unpaired) electrons. The zero-order valence-corrected chi connectivity index (χ0v) is 8.39. The Balaban J connectivity index is 2.15. The minimum atomic E-state index is -0.290. The first kappa shape index (κ1) is 11.1. The monoisotopic (exact) mass is 197 g/mol. The summed E-state index contributed by atoms with van der Waals surface area (Å²) in [7, 11) is 0. The van der Waals surface area contributed by atoms with Gasteiger partial charge in [-0.05, 0) is 18.7 Å². The summed E-state index contributed by atoms with van der Waals surface area (Å²) in [5, 5.41) is 6.41. The number of pyridine rings is 1. The van der Waals surface area contributed by atoms with Crippen molar-refractivity contribution in [1.29, 1.82) is 0 Å². The Morgan fingerprint density at radius 2 is 2.07 bits per heavy atom. The molecule has 0 amide bonds. The van der Waals surface area contributed by atoms with Gasteiger partial charge < -0.3 is 10.6 Å². The molecule has 0 atom stereocenters. The van der Waals surface area contributed by atoms with E-state index in [0.717, 1.165) is 25.3 Å². The molecule has 0 fully saturated rings. The lowest BCUT2D eigenvalue weighted by Gasteiger charge is -2.04. The van der Waals surface area contributed by atoms with E-state index < -0.39 is 0 Å². The molecule has 0 bridgehead atoms. The number of halogens is 1. The van der Waals surface area contributed by atoms with E-state index in [2.05, 4.69) is 22.5 Å². The van der Waals surface area contributed by atoms with E-state index in [1.54, 1.807) is 6.07 Å². The molecule has 0 aliphatic rings. The molecule has 2 N–H and O–H groups in total. The van der Waals surface area contributed by atoms with Crippen molar-refractivity contribution in [3.63, 3.8) is 0 Å². The van der Waals surface area contributed by atoms with Crippen LogP contribution in [0.1, 0.15) is 12.6 Å². The maximum atomic E-state index is 12.5. The van der Waals surface area contributed by atoms with Crippen LogP contribution in [0.15, 0.2) is 18.3 Å². The Kier molecular flexibility index (Phi) is 5.11. The number of aromatic nitrogens is 1. The van der Waals surface area contributed by atoms with Crippen LogP contribution in [0.5, 0.6) is 0 Å². The predicted molar refractivity (Wildman–Crippen MR) is 54.4 cm³/mol. The molecule has 0 saturated heterocycles. The lowest BCUT2D eigenvalue weighted by atomic mass is 10.3. The van der Waals surface area contributed by atoms with Gasteiger partial charge in [-0.15, -0.1) is 0 Å². The molecule has 0 aliphatic carbocycles. The standard InChI is InChI=1S/C10H16FN3/c1-2-12-5-6-13-8-10-4-3-9(11)7-14-10/h3-4,7,12-13H,2,5-6,8H2,1H3. The fourth-order valence-electron chi connectivity index (χ4n) is 1.08. The predicted octanol–water partition coefficient (Wildman–Crippen LogP) is 0.920. The summed E-state index contributed by atoms with van der Waals surface area (Å²) in [5.74, 6) is -0.290. The normalized spacial score (nSPS) is 10.4. The molecule has 0 saturated carbocycles. The van der Waals surface area contributed by atoms with E-state index in [1.165, 1.54) is 12.3 Å². The molecule has 14 heavy (non-hydrogen) atoms. The van der Waals surface area contributed by atoms with Crippen molar-refractivity contribution in [2.75, 3.05) is 19.6 Å². The highest BCUT2D eigenvalue weighted by Crippen LogP contribution is 1.96. The molecule has 0 spiro atoms. The zero-order chi connectivity index (χ0) is 10.2. The molecule has 1 aromatic rings. The van der Waals surface area contributed by atoms with E-state index in [-0.39, 0.29) is 5.82 Å². The van der Waals surface area contributed by atoms with Gasteiger partial charge in [0, 0.05) is 19.6 Å². The molecule has 0 aromatic carbocycles. The lowest BCUT2D eigenvalue weighted by molar-refractivity contribution is 0.604. The van der Waals surface area contributed by atoms with Crippen LogP contribution in [0, 0.1) is 5.82 Å². The smallest absolute Gasteiger partial charge is 0.141 e. The molecule has 0 aliphatic heterocycles. The van der Waals surface area contributed by atoms with E-state index >= 15 is 0 Å².